The van der Waals surface area contributed by atoms with E-state index >= 15 is 0 Å². The van der Waals surface area contributed by atoms with Crippen LogP contribution in [0.3, 0.4) is 0 Å². The molecule has 3 aromatic rings. The number of carbonyl (C=O) groups excluding carboxylic acids is 2. The van der Waals surface area contributed by atoms with Crippen LogP contribution in [0, 0.1) is 0 Å². The minimum absolute atomic E-state index is 0.290. The number of rotatable bonds is 6. The molecule has 2 N–H and O–H groups in total. The van der Waals surface area contributed by atoms with Crippen LogP contribution in [0.2, 0.25) is 0 Å². The normalized spacial score (nSPS) is 15.4. The van der Waals surface area contributed by atoms with Crippen molar-refractivity contribution in [2.75, 3.05) is 26.7 Å². The lowest BCUT2D eigenvalue weighted by atomic mass is 9.96. The molecule has 1 unspecified atom stereocenters. The van der Waals surface area contributed by atoms with Gasteiger partial charge in [-0.05, 0) is 18.1 Å². The van der Waals surface area contributed by atoms with Crippen molar-refractivity contribution in [1.29, 1.82) is 0 Å². The molecule has 4 rings (SSSR count). The van der Waals surface area contributed by atoms with Gasteiger partial charge < -0.3 is 15.0 Å². The maximum atomic E-state index is 13.0. The molecule has 0 fully saturated rings. The molecule has 0 saturated heterocycles. The van der Waals surface area contributed by atoms with E-state index in [0.717, 1.165) is 53.7 Å². The lowest BCUT2D eigenvalue weighted by Gasteiger charge is -2.24. The van der Waals surface area contributed by atoms with Crippen molar-refractivity contribution in [2.45, 2.75) is 19.4 Å². The van der Waals surface area contributed by atoms with Crippen LogP contribution in [0.25, 0.3) is 10.9 Å². The van der Waals surface area contributed by atoms with Crippen molar-refractivity contribution in [3.05, 3.63) is 77.0 Å². The summed E-state index contributed by atoms with van der Waals surface area (Å²) in [6, 6.07) is 17.5. The van der Waals surface area contributed by atoms with E-state index < -0.39 is 5.97 Å². The van der Waals surface area contributed by atoms with E-state index in [9.17, 15) is 9.59 Å². The minimum atomic E-state index is -0.460. The zero-order valence-electron chi connectivity index (χ0n) is 17.1. The van der Waals surface area contributed by atoms with Gasteiger partial charge in [-0.1, -0.05) is 48.5 Å². The van der Waals surface area contributed by atoms with Crippen molar-refractivity contribution in [2.24, 2.45) is 0 Å². The van der Waals surface area contributed by atoms with E-state index in [2.05, 4.69) is 12.4 Å². The highest BCUT2D eigenvalue weighted by atomic mass is 16.5. The van der Waals surface area contributed by atoms with E-state index in [1.807, 2.05) is 54.6 Å². The molecule has 2 aromatic carbocycles. The van der Waals surface area contributed by atoms with Gasteiger partial charge in [0.1, 0.15) is 6.54 Å². The molecule has 0 radical (unpaired) electrons. The Hall–Kier alpha value is -3.25. The van der Waals surface area contributed by atoms with Gasteiger partial charge in [0, 0.05) is 23.9 Å². The number of ether oxygens (including phenoxy) is 1. The first-order chi connectivity index (χ1) is 14.6. The topological polar surface area (TPSA) is 72.7 Å². The van der Waals surface area contributed by atoms with Gasteiger partial charge in [-0.25, -0.2) is 4.79 Å². The highest BCUT2D eigenvalue weighted by molar-refractivity contribution is 6.05. The first-order valence-electron chi connectivity index (χ1n) is 10.3. The zero-order valence-corrected chi connectivity index (χ0v) is 17.1. The predicted octanol–water partition coefficient (Wildman–Crippen LogP) is 1.32. The second-order valence-corrected chi connectivity index (χ2v) is 7.72. The van der Waals surface area contributed by atoms with Crippen molar-refractivity contribution in [3.8, 4) is 0 Å². The Kier molecular flexibility index (Phi) is 6.05. The van der Waals surface area contributed by atoms with Crippen LogP contribution in [0.4, 0.5) is 0 Å². The van der Waals surface area contributed by atoms with Gasteiger partial charge in [0.05, 0.1) is 30.4 Å². The second kappa shape index (κ2) is 9.05. The summed E-state index contributed by atoms with van der Waals surface area (Å²) in [6.07, 6.45) is 1.56. The van der Waals surface area contributed by atoms with Crippen molar-refractivity contribution in [3.63, 3.8) is 0 Å². The number of nitrogens with zero attached hydrogens (tertiary/aromatic N) is 1. The number of fused-ring (bicyclic) bond motifs is 2. The number of para-hydroxylation sites is 1. The Morgan fingerprint density at radius 2 is 1.87 bits per heavy atom. The Labute approximate surface area is 175 Å². The summed E-state index contributed by atoms with van der Waals surface area (Å²) < 4.78 is 5.41. The predicted molar refractivity (Wildman–Crippen MR) is 114 cm³/mol. The Bertz CT molecular complexity index is 1070. The lowest BCUT2D eigenvalue weighted by molar-refractivity contribution is -0.895. The first-order valence-corrected chi connectivity index (χ1v) is 10.3. The van der Waals surface area contributed by atoms with Crippen LogP contribution in [0.15, 0.2) is 54.6 Å². The van der Waals surface area contributed by atoms with Crippen LogP contribution in [0.5, 0.6) is 0 Å². The largest absolute Gasteiger partial charge is 0.452 e. The summed E-state index contributed by atoms with van der Waals surface area (Å²) >= 11 is 0. The number of carbonyl (C=O) groups is 2. The first kappa shape index (κ1) is 20.0. The number of esters is 1. The van der Waals surface area contributed by atoms with Gasteiger partial charge in [0.25, 0.3) is 5.91 Å². The van der Waals surface area contributed by atoms with E-state index in [1.165, 1.54) is 4.90 Å². The molecule has 1 aromatic heterocycles. The van der Waals surface area contributed by atoms with Crippen LogP contribution in [0.1, 0.15) is 27.2 Å². The summed E-state index contributed by atoms with van der Waals surface area (Å²) in [6.45, 7) is 1.92. The molecule has 0 spiro atoms. The fourth-order valence-electron chi connectivity index (χ4n) is 3.90. The molecule has 154 valence electrons. The average molecular weight is 404 g/mol. The second-order valence-electron chi connectivity index (χ2n) is 7.72. The summed E-state index contributed by atoms with van der Waals surface area (Å²) in [5.74, 6) is -0.757. The Morgan fingerprint density at radius 3 is 2.70 bits per heavy atom. The molecule has 6 nitrogen and oxygen atoms in total. The number of nitrogens with one attached hydrogen (secondary N) is 2. The number of aromatic nitrogens is 1. The summed E-state index contributed by atoms with van der Waals surface area (Å²) in [5.41, 5.74) is 4.38. The number of amides is 1. The molecule has 6 heteroatoms. The molecule has 0 aliphatic carbocycles. The summed E-state index contributed by atoms with van der Waals surface area (Å²) in [7, 11) is 2.10. The van der Waals surface area contributed by atoms with Crippen LogP contribution in [-0.4, -0.2) is 43.6 Å². The molecular formula is C24H26N3O3+. The van der Waals surface area contributed by atoms with E-state index in [4.69, 9.17) is 9.72 Å². The SMILES string of the molecule is C[NH+]1CCc2nc3ccccc3c(C(=O)OCC(=O)NCCc3ccccc3)c2C1. The lowest BCUT2D eigenvalue weighted by Crippen LogP contribution is -3.08. The third kappa shape index (κ3) is 4.49. The molecule has 1 amide bonds. The quantitative estimate of drug-likeness (QED) is 0.608. The molecule has 30 heavy (non-hydrogen) atoms. The number of pyridine rings is 1. The van der Waals surface area contributed by atoms with Crippen LogP contribution >= 0.6 is 0 Å². The van der Waals surface area contributed by atoms with Crippen LogP contribution < -0.4 is 10.2 Å². The van der Waals surface area contributed by atoms with E-state index in [-0.39, 0.29) is 12.5 Å². The number of likely N-dealkylation sites (N-methyl/N-ethyl adjacent to an activating group) is 1. The molecule has 1 aliphatic heterocycles. The van der Waals surface area contributed by atoms with Crippen molar-refractivity contribution in [1.82, 2.24) is 10.3 Å². The molecule has 1 aliphatic rings. The van der Waals surface area contributed by atoms with Crippen molar-refractivity contribution >= 4 is 22.8 Å². The molecule has 0 saturated carbocycles. The molecular weight excluding hydrogens is 378 g/mol. The van der Waals surface area contributed by atoms with Gasteiger partial charge in [-0.15, -0.1) is 0 Å². The minimum Gasteiger partial charge on any atom is -0.452 e. The maximum absolute atomic E-state index is 13.0. The standard InChI is InChI=1S/C24H25N3O3/c1-27-14-12-21-19(15-27)23(18-9-5-6-10-20(18)26-21)24(29)30-16-22(28)25-13-11-17-7-3-2-4-8-17/h2-10H,11-16H2,1H3,(H,25,28)/p+1. The van der Waals surface area contributed by atoms with Gasteiger partial charge in [0.15, 0.2) is 6.61 Å². The fraction of sp³-hybridized carbons (Fsp3) is 0.292. The Morgan fingerprint density at radius 1 is 1.10 bits per heavy atom. The number of benzene rings is 2. The highest BCUT2D eigenvalue weighted by Crippen LogP contribution is 2.25. The summed E-state index contributed by atoms with van der Waals surface area (Å²) in [4.78, 5) is 31.2. The van der Waals surface area contributed by atoms with Gasteiger partial charge in [0.2, 0.25) is 0 Å². The van der Waals surface area contributed by atoms with Gasteiger partial charge in [-0.2, -0.15) is 0 Å². The fourth-order valence-corrected chi connectivity index (χ4v) is 3.90. The van der Waals surface area contributed by atoms with Gasteiger partial charge >= 0.3 is 5.97 Å². The Balaban J connectivity index is 1.44. The highest BCUT2D eigenvalue weighted by Gasteiger charge is 2.27. The number of hydrogen-bond acceptors (Lipinski definition) is 4. The number of hydrogen-bond donors (Lipinski definition) is 2. The smallest absolute Gasteiger partial charge is 0.339 e. The van der Waals surface area contributed by atoms with Crippen LogP contribution in [-0.2, 0) is 28.9 Å². The number of quaternary nitrogens is 1. The maximum Gasteiger partial charge on any atom is 0.339 e. The molecule has 0 bridgehead atoms. The molecule has 1 atom stereocenters. The zero-order chi connectivity index (χ0) is 20.9. The average Bonchev–Trinajstić information content (AvgIpc) is 2.76. The van der Waals surface area contributed by atoms with E-state index in [1.54, 1.807) is 0 Å². The molecule has 2 heterocycles. The monoisotopic (exact) mass is 404 g/mol. The van der Waals surface area contributed by atoms with Gasteiger partial charge in [-0.3, -0.25) is 9.78 Å². The van der Waals surface area contributed by atoms with Crippen molar-refractivity contribution < 1.29 is 19.2 Å². The van der Waals surface area contributed by atoms with E-state index in [0.29, 0.717) is 12.1 Å². The summed E-state index contributed by atoms with van der Waals surface area (Å²) in [5, 5.41) is 3.59. The third-order valence-electron chi connectivity index (χ3n) is 5.46. The third-order valence-corrected chi connectivity index (χ3v) is 5.46.